The summed E-state index contributed by atoms with van der Waals surface area (Å²) in [5.74, 6) is -1.51. The molecule has 8 heteroatoms. The van der Waals surface area contributed by atoms with E-state index < -0.39 is 41.5 Å². The number of benzene rings is 2. The van der Waals surface area contributed by atoms with Crippen LogP contribution < -0.4 is 10.6 Å². The molecule has 0 radical (unpaired) electrons. The second-order valence-electron chi connectivity index (χ2n) is 8.68. The molecule has 0 heterocycles. The first kappa shape index (κ1) is 25.8. The molecule has 2 unspecified atom stereocenters. The number of alkyl carbamates (subject to hydrolysis) is 1. The third-order valence-corrected chi connectivity index (χ3v) is 4.68. The highest BCUT2D eigenvalue weighted by Gasteiger charge is 2.26. The zero-order valence-corrected chi connectivity index (χ0v) is 19.4. The smallest absolute Gasteiger partial charge is 0.407 e. The first-order chi connectivity index (χ1) is 15.6. The van der Waals surface area contributed by atoms with Crippen molar-refractivity contribution >= 4 is 18.0 Å². The van der Waals surface area contributed by atoms with Crippen LogP contribution in [0.3, 0.4) is 0 Å². The molecular weight excluding hydrogens is 427 g/mol. The van der Waals surface area contributed by atoms with E-state index in [0.717, 1.165) is 5.56 Å². The van der Waals surface area contributed by atoms with E-state index in [1.54, 1.807) is 39.0 Å². The zero-order valence-electron chi connectivity index (χ0n) is 19.4. The highest BCUT2D eigenvalue weighted by molar-refractivity contribution is 5.85. The highest BCUT2D eigenvalue weighted by Crippen LogP contribution is 2.13. The van der Waals surface area contributed by atoms with Crippen molar-refractivity contribution in [2.75, 3.05) is 7.11 Å². The maximum Gasteiger partial charge on any atom is 0.407 e. The molecular formula is C25H31FN2O5. The van der Waals surface area contributed by atoms with Gasteiger partial charge in [0.1, 0.15) is 17.5 Å². The van der Waals surface area contributed by atoms with Crippen molar-refractivity contribution in [3.8, 4) is 0 Å². The van der Waals surface area contributed by atoms with Crippen molar-refractivity contribution in [2.24, 2.45) is 0 Å². The molecule has 7 nitrogen and oxygen atoms in total. The molecule has 0 spiro atoms. The molecule has 2 N–H and O–H groups in total. The molecule has 0 saturated heterocycles. The lowest BCUT2D eigenvalue weighted by Crippen LogP contribution is -2.47. The van der Waals surface area contributed by atoms with Gasteiger partial charge < -0.3 is 20.1 Å². The fourth-order valence-electron chi connectivity index (χ4n) is 3.24. The predicted molar refractivity (Wildman–Crippen MR) is 122 cm³/mol. The number of ether oxygens (including phenoxy) is 2. The summed E-state index contributed by atoms with van der Waals surface area (Å²) in [6.45, 7) is 5.15. The fourth-order valence-corrected chi connectivity index (χ4v) is 3.24. The molecule has 0 aromatic heterocycles. The Kier molecular flexibility index (Phi) is 9.39. The number of carbonyl (C=O) groups excluding carboxylic acids is 3. The summed E-state index contributed by atoms with van der Waals surface area (Å²) in [7, 11) is 1.25. The van der Waals surface area contributed by atoms with E-state index in [0.29, 0.717) is 5.56 Å². The second kappa shape index (κ2) is 12.0. The van der Waals surface area contributed by atoms with Crippen molar-refractivity contribution in [1.82, 2.24) is 10.6 Å². The Labute approximate surface area is 193 Å². The first-order valence-corrected chi connectivity index (χ1v) is 10.7. The Bertz CT molecular complexity index is 943. The Balaban J connectivity index is 2.12. The minimum atomic E-state index is -0.902. The number of amides is 2. The van der Waals surface area contributed by atoms with Crippen LogP contribution >= 0.6 is 0 Å². The van der Waals surface area contributed by atoms with Crippen LogP contribution in [0.25, 0.3) is 0 Å². The largest absolute Gasteiger partial charge is 0.467 e. The van der Waals surface area contributed by atoms with Crippen LogP contribution in [0.15, 0.2) is 54.6 Å². The summed E-state index contributed by atoms with van der Waals surface area (Å²) in [6, 6.07) is 13.7. The van der Waals surface area contributed by atoms with Crippen molar-refractivity contribution in [3.05, 3.63) is 71.5 Å². The maximum atomic E-state index is 14.2. The molecule has 33 heavy (non-hydrogen) atoms. The van der Waals surface area contributed by atoms with Gasteiger partial charge >= 0.3 is 12.1 Å². The number of esters is 1. The number of nitrogens with one attached hydrogen (secondary N) is 2. The molecule has 0 saturated carbocycles. The number of rotatable bonds is 9. The van der Waals surface area contributed by atoms with Gasteiger partial charge in [0.2, 0.25) is 5.91 Å². The monoisotopic (exact) mass is 458 g/mol. The van der Waals surface area contributed by atoms with E-state index in [4.69, 9.17) is 9.47 Å². The van der Waals surface area contributed by atoms with E-state index in [1.165, 1.54) is 13.2 Å². The van der Waals surface area contributed by atoms with Crippen LogP contribution in [-0.2, 0) is 31.9 Å². The molecule has 0 aliphatic rings. The normalized spacial score (nSPS) is 12.9. The SMILES string of the molecule is COC(=O)C(Cc1ccccc1)NC(=O)CC(Cc1ccccc1F)NC(=O)OC(C)(C)C. The molecule has 0 bridgehead atoms. The summed E-state index contributed by atoms with van der Waals surface area (Å²) in [6.07, 6.45) is -0.585. The number of hydrogen-bond donors (Lipinski definition) is 2. The Morgan fingerprint density at radius 3 is 2.18 bits per heavy atom. The topological polar surface area (TPSA) is 93.7 Å². The minimum absolute atomic E-state index is 0.0703. The van der Waals surface area contributed by atoms with E-state index in [1.807, 2.05) is 30.3 Å². The van der Waals surface area contributed by atoms with Crippen LogP contribution in [0.4, 0.5) is 9.18 Å². The van der Waals surface area contributed by atoms with Crippen LogP contribution in [0.5, 0.6) is 0 Å². The average Bonchev–Trinajstić information content (AvgIpc) is 2.73. The number of hydrogen-bond acceptors (Lipinski definition) is 5. The lowest BCUT2D eigenvalue weighted by Gasteiger charge is -2.24. The summed E-state index contributed by atoms with van der Waals surface area (Å²) >= 11 is 0. The van der Waals surface area contributed by atoms with Crippen LogP contribution in [0, 0.1) is 5.82 Å². The molecule has 0 fully saturated rings. The quantitative estimate of drug-likeness (QED) is 0.561. The fraction of sp³-hybridized carbons (Fsp3) is 0.400. The third-order valence-electron chi connectivity index (χ3n) is 4.68. The lowest BCUT2D eigenvalue weighted by molar-refractivity contribution is -0.145. The van der Waals surface area contributed by atoms with Gasteiger partial charge in [0.05, 0.1) is 7.11 Å². The number of halogens is 1. The van der Waals surface area contributed by atoms with Gasteiger partial charge in [-0.25, -0.2) is 14.0 Å². The van der Waals surface area contributed by atoms with E-state index in [9.17, 15) is 18.8 Å². The molecule has 2 aromatic rings. The predicted octanol–water partition coefficient (Wildman–Crippen LogP) is 3.55. The Morgan fingerprint density at radius 2 is 1.58 bits per heavy atom. The Morgan fingerprint density at radius 1 is 0.939 bits per heavy atom. The van der Waals surface area contributed by atoms with Gasteiger partial charge in [-0.3, -0.25) is 4.79 Å². The van der Waals surface area contributed by atoms with Gasteiger partial charge in [-0.2, -0.15) is 0 Å². The summed E-state index contributed by atoms with van der Waals surface area (Å²) < 4.78 is 24.3. The van der Waals surface area contributed by atoms with Crippen LogP contribution in [0.2, 0.25) is 0 Å². The van der Waals surface area contributed by atoms with Gasteiger partial charge in [0, 0.05) is 18.9 Å². The van der Waals surface area contributed by atoms with E-state index in [-0.39, 0.29) is 19.3 Å². The molecule has 2 amide bonds. The average molecular weight is 459 g/mol. The summed E-state index contributed by atoms with van der Waals surface area (Å²) in [4.78, 5) is 37.4. The van der Waals surface area contributed by atoms with E-state index in [2.05, 4.69) is 10.6 Å². The van der Waals surface area contributed by atoms with Crippen LogP contribution in [0.1, 0.15) is 38.3 Å². The molecule has 0 aliphatic carbocycles. The second-order valence-corrected chi connectivity index (χ2v) is 8.68. The zero-order chi connectivity index (χ0) is 24.4. The maximum absolute atomic E-state index is 14.2. The number of carbonyl (C=O) groups is 3. The number of methoxy groups -OCH3 is 1. The third kappa shape index (κ3) is 9.31. The van der Waals surface area contributed by atoms with Gasteiger partial charge in [0.15, 0.2) is 0 Å². The van der Waals surface area contributed by atoms with Gasteiger partial charge in [-0.15, -0.1) is 0 Å². The molecule has 178 valence electrons. The van der Waals surface area contributed by atoms with Gasteiger partial charge in [0.25, 0.3) is 0 Å². The summed E-state index contributed by atoms with van der Waals surface area (Å²) in [5.41, 5.74) is 0.462. The van der Waals surface area contributed by atoms with Gasteiger partial charge in [-0.05, 0) is 44.4 Å². The molecule has 2 rings (SSSR count). The molecule has 0 aliphatic heterocycles. The minimum Gasteiger partial charge on any atom is -0.467 e. The van der Waals surface area contributed by atoms with Crippen molar-refractivity contribution in [1.29, 1.82) is 0 Å². The standard InChI is InChI=1S/C25H31FN2O5/c1-25(2,3)33-24(31)27-19(15-18-12-8-9-13-20(18)26)16-22(29)28-21(23(30)32-4)14-17-10-6-5-7-11-17/h5-13,19,21H,14-16H2,1-4H3,(H,27,31)(H,28,29). The molecule has 2 atom stereocenters. The van der Waals surface area contributed by atoms with Crippen LogP contribution in [-0.4, -0.2) is 42.8 Å². The Hall–Kier alpha value is -3.42. The van der Waals surface area contributed by atoms with Gasteiger partial charge in [-0.1, -0.05) is 48.5 Å². The first-order valence-electron chi connectivity index (χ1n) is 10.7. The summed E-state index contributed by atoms with van der Waals surface area (Å²) in [5, 5.41) is 5.31. The lowest BCUT2D eigenvalue weighted by atomic mass is 10.0. The molecule has 2 aromatic carbocycles. The van der Waals surface area contributed by atoms with Crippen molar-refractivity contribution in [2.45, 2.75) is 57.7 Å². The van der Waals surface area contributed by atoms with Crippen molar-refractivity contribution < 1.29 is 28.2 Å². The van der Waals surface area contributed by atoms with E-state index >= 15 is 0 Å². The highest BCUT2D eigenvalue weighted by atomic mass is 19.1. The van der Waals surface area contributed by atoms with Crippen molar-refractivity contribution in [3.63, 3.8) is 0 Å².